The number of carbonyl (C=O) groups excluding carboxylic acids is 1. The number of rotatable bonds is 7. The van der Waals surface area contributed by atoms with Crippen LogP contribution in [0, 0.1) is 12.8 Å². The van der Waals surface area contributed by atoms with Crippen LogP contribution in [0.5, 0.6) is 0 Å². The second-order valence-electron chi connectivity index (χ2n) is 6.58. The van der Waals surface area contributed by atoms with Crippen LogP contribution in [-0.4, -0.2) is 28.4 Å². The van der Waals surface area contributed by atoms with Crippen molar-refractivity contribution in [2.45, 2.75) is 45.8 Å². The molecule has 1 fully saturated rings. The first-order chi connectivity index (χ1) is 11.6. The lowest BCUT2D eigenvalue weighted by Crippen LogP contribution is -2.36. The molecule has 128 valence electrons. The lowest BCUT2D eigenvalue weighted by molar-refractivity contribution is -0.132. The summed E-state index contributed by atoms with van der Waals surface area (Å²) in [5.74, 6) is 0.582. The molecule has 2 aromatic rings. The molecule has 1 aliphatic carbocycles. The van der Waals surface area contributed by atoms with Crippen LogP contribution in [0.3, 0.4) is 0 Å². The molecule has 1 amide bonds. The Morgan fingerprint density at radius 2 is 2.04 bits per heavy atom. The van der Waals surface area contributed by atoms with E-state index in [0.717, 1.165) is 16.9 Å². The molecule has 5 nitrogen and oxygen atoms in total. The Bertz CT molecular complexity index is 692. The fourth-order valence-electron chi connectivity index (χ4n) is 2.73. The van der Waals surface area contributed by atoms with Crippen molar-refractivity contribution in [2.24, 2.45) is 5.92 Å². The first kappa shape index (κ1) is 16.7. The van der Waals surface area contributed by atoms with Crippen LogP contribution >= 0.6 is 0 Å². The van der Waals surface area contributed by atoms with Crippen LogP contribution in [0.4, 0.5) is 0 Å². The maximum atomic E-state index is 12.3. The van der Waals surface area contributed by atoms with Crippen molar-refractivity contribution in [3.8, 4) is 5.69 Å². The summed E-state index contributed by atoms with van der Waals surface area (Å²) >= 11 is 0. The van der Waals surface area contributed by atoms with Crippen molar-refractivity contribution in [1.82, 2.24) is 15.1 Å². The summed E-state index contributed by atoms with van der Waals surface area (Å²) in [5.41, 5.74) is 3.06. The van der Waals surface area contributed by atoms with E-state index in [1.807, 2.05) is 62.0 Å². The maximum Gasteiger partial charge on any atom is 0.249 e. The van der Waals surface area contributed by atoms with Crippen LogP contribution in [0.2, 0.25) is 0 Å². The summed E-state index contributed by atoms with van der Waals surface area (Å²) in [6.45, 7) is 6.49. The highest BCUT2D eigenvalue weighted by atomic mass is 16.5. The van der Waals surface area contributed by atoms with Crippen molar-refractivity contribution in [3.05, 3.63) is 47.8 Å². The highest BCUT2D eigenvalue weighted by Gasteiger charge is 2.25. The third-order valence-electron chi connectivity index (χ3n) is 4.52. The number of nitrogens with one attached hydrogen (secondary N) is 1. The standard InChI is InChI=1S/C19H25N3O2/c1-13(21-19(23)15(3)24-12-16-9-10-16)18-11-20-22(14(18)2)17-7-5-4-6-8-17/h4-8,11,13,15-16H,9-10,12H2,1-3H3,(H,21,23)/t13-,15+/m1/s1. The van der Waals surface area contributed by atoms with E-state index in [1.165, 1.54) is 12.8 Å². The second-order valence-corrected chi connectivity index (χ2v) is 6.58. The van der Waals surface area contributed by atoms with Crippen LogP contribution in [-0.2, 0) is 9.53 Å². The topological polar surface area (TPSA) is 56.1 Å². The highest BCUT2D eigenvalue weighted by Crippen LogP contribution is 2.29. The summed E-state index contributed by atoms with van der Waals surface area (Å²) in [6.07, 6.45) is 3.85. The molecule has 1 aromatic carbocycles. The molecule has 1 aliphatic rings. The molecule has 1 aromatic heterocycles. The fourth-order valence-corrected chi connectivity index (χ4v) is 2.73. The van der Waals surface area contributed by atoms with E-state index in [1.54, 1.807) is 0 Å². The minimum absolute atomic E-state index is 0.0741. The molecule has 3 rings (SSSR count). The summed E-state index contributed by atoms with van der Waals surface area (Å²) in [5, 5.41) is 7.49. The van der Waals surface area contributed by atoms with Gasteiger partial charge in [0.25, 0.3) is 0 Å². The summed E-state index contributed by atoms with van der Waals surface area (Å²) in [4.78, 5) is 12.3. The number of para-hydroxylation sites is 1. The van der Waals surface area contributed by atoms with E-state index < -0.39 is 6.10 Å². The smallest absolute Gasteiger partial charge is 0.249 e. The second kappa shape index (κ2) is 7.18. The number of hydrogen-bond acceptors (Lipinski definition) is 3. The summed E-state index contributed by atoms with van der Waals surface area (Å²) in [7, 11) is 0. The Morgan fingerprint density at radius 3 is 2.71 bits per heavy atom. The number of amides is 1. The SMILES string of the molecule is Cc1c([C@@H](C)NC(=O)[C@H](C)OCC2CC2)cnn1-c1ccccc1. The van der Waals surface area contributed by atoms with Gasteiger partial charge in [-0.2, -0.15) is 5.10 Å². The van der Waals surface area contributed by atoms with Gasteiger partial charge in [0.05, 0.1) is 24.5 Å². The van der Waals surface area contributed by atoms with Crippen LogP contribution in [0.25, 0.3) is 5.69 Å². The van der Waals surface area contributed by atoms with E-state index >= 15 is 0 Å². The van der Waals surface area contributed by atoms with E-state index in [-0.39, 0.29) is 11.9 Å². The van der Waals surface area contributed by atoms with Gasteiger partial charge in [0.2, 0.25) is 5.91 Å². The Morgan fingerprint density at radius 1 is 1.33 bits per heavy atom. The third-order valence-corrected chi connectivity index (χ3v) is 4.52. The van der Waals surface area contributed by atoms with E-state index in [4.69, 9.17) is 4.74 Å². The Labute approximate surface area is 143 Å². The number of carbonyl (C=O) groups is 1. The first-order valence-corrected chi connectivity index (χ1v) is 8.58. The van der Waals surface area contributed by atoms with Crippen molar-refractivity contribution in [3.63, 3.8) is 0 Å². The predicted octanol–water partition coefficient (Wildman–Crippen LogP) is 3.17. The van der Waals surface area contributed by atoms with E-state index in [0.29, 0.717) is 12.5 Å². The largest absolute Gasteiger partial charge is 0.368 e. The molecule has 0 bridgehead atoms. The van der Waals surface area contributed by atoms with Crippen LogP contribution < -0.4 is 5.32 Å². The fraction of sp³-hybridized carbons (Fsp3) is 0.474. The zero-order valence-corrected chi connectivity index (χ0v) is 14.5. The lowest BCUT2D eigenvalue weighted by atomic mass is 10.1. The van der Waals surface area contributed by atoms with Gasteiger partial charge in [-0.05, 0) is 51.7 Å². The molecule has 5 heteroatoms. The molecule has 0 radical (unpaired) electrons. The predicted molar refractivity (Wildman–Crippen MR) is 93.0 cm³/mol. The quantitative estimate of drug-likeness (QED) is 0.850. The number of nitrogens with zero attached hydrogens (tertiary/aromatic N) is 2. The van der Waals surface area contributed by atoms with Gasteiger partial charge in [0.1, 0.15) is 6.10 Å². The monoisotopic (exact) mass is 327 g/mol. The molecule has 1 heterocycles. The summed E-state index contributed by atoms with van der Waals surface area (Å²) < 4.78 is 7.53. The highest BCUT2D eigenvalue weighted by molar-refractivity contribution is 5.80. The van der Waals surface area contributed by atoms with Crippen molar-refractivity contribution in [1.29, 1.82) is 0 Å². The van der Waals surface area contributed by atoms with Gasteiger partial charge in [-0.1, -0.05) is 18.2 Å². The zero-order valence-electron chi connectivity index (χ0n) is 14.5. The van der Waals surface area contributed by atoms with Gasteiger partial charge in [-0.3, -0.25) is 4.79 Å². The van der Waals surface area contributed by atoms with E-state index in [9.17, 15) is 4.79 Å². The lowest BCUT2D eigenvalue weighted by Gasteiger charge is -2.18. The van der Waals surface area contributed by atoms with Gasteiger partial charge >= 0.3 is 0 Å². The average Bonchev–Trinajstić information content (AvgIpc) is 3.34. The average molecular weight is 327 g/mol. The van der Waals surface area contributed by atoms with E-state index in [2.05, 4.69) is 10.4 Å². The number of benzene rings is 1. The van der Waals surface area contributed by atoms with Gasteiger partial charge in [-0.25, -0.2) is 4.68 Å². The van der Waals surface area contributed by atoms with Gasteiger partial charge in [-0.15, -0.1) is 0 Å². The molecule has 24 heavy (non-hydrogen) atoms. The summed E-state index contributed by atoms with van der Waals surface area (Å²) in [6, 6.07) is 9.87. The Hall–Kier alpha value is -2.14. The molecule has 0 aliphatic heterocycles. The number of hydrogen-bond donors (Lipinski definition) is 1. The van der Waals surface area contributed by atoms with Gasteiger partial charge in [0, 0.05) is 11.3 Å². The van der Waals surface area contributed by atoms with Gasteiger partial charge < -0.3 is 10.1 Å². The van der Waals surface area contributed by atoms with Crippen LogP contribution in [0.15, 0.2) is 36.5 Å². The zero-order chi connectivity index (χ0) is 17.1. The van der Waals surface area contributed by atoms with Gasteiger partial charge in [0.15, 0.2) is 0 Å². The molecule has 0 spiro atoms. The molecule has 2 atom stereocenters. The molecule has 1 saturated carbocycles. The molecule has 0 saturated heterocycles. The molecule has 0 unspecified atom stereocenters. The molecular formula is C19H25N3O2. The molecular weight excluding hydrogens is 302 g/mol. The Balaban J connectivity index is 1.63. The maximum absolute atomic E-state index is 12.3. The molecule has 1 N–H and O–H groups in total. The first-order valence-electron chi connectivity index (χ1n) is 8.58. The minimum Gasteiger partial charge on any atom is -0.368 e. The third kappa shape index (κ3) is 3.85. The van der Waals surface area contributed by atoms with Crippen molar-refractivity contribution >= 4 is 5.91 Å². The minimum atomic E-state index is -0.419. The normalized spacial score (nSPS) is 16.6. The van der Waals surface area contributed by atoms with Crippen molar-refractivity contribution in [2.75, 3.05) is 6.61 Å². The Kier molecular flexibility index (Phi) is 5.00. The van der Waals surface area contributed by atoms with Crippen molar-refractivity contribution < 1.29 is 9.53 Å². The number of aromatic nitrogens is 2. The number of ether oxygens (including phenoxy) is 1. The van der Waals surface area contributed by atoms with Crippen LogP contribution in [0.1, 0.15) is 44.0 Å².